The lowest BCUT2D eigenvalue weighted by atomic mass is 10.0. The predicted molar refractivity (Wildman–Crippen MR) is 101 cm³/mol. The number of anilines is 1. The third kappa shape index (κ3) is 4.75. The smallest absolute Gasteiger partial charge is 0.322 e. The van der Waals surface area contributed by atoms with Gasteiger partial charge in [0.15, 0.2) is 0 Å². The van der Waals surface area contributed by atoms with Crippen molar-refractivity contribution < 1.29 is 9.53 Å². The van der Waals surface area contributed by atoms with E-state index >= 15 is 0 Å². The quantitative estimate of drug-likeness (QED) is 0.827. The molecule has 2 aromatic rings. The van der Waals surface area contributed by atoms with Gasteiger partial charge in [-0.25, -0.2) is 4.79 Å². The maximum absolute atomic E-state index is 12.5. The molecule has 1 aliphatic rings. The first kappa shape index (κ1) is 17.3. The summed E-state index contributed by atoms with van der Waals surface area (Å²) in [7, 11) is 0. The van der Waals surface area contributed by atoms with Crippen LogP contribution in [-0.4, -0.2) is 23.5 Å². The summed E-state index contributed by atoms with van der Waals surface area (Å²) in [5.41, 5.74) is 1.94. The second-order valence-corrected chi connectivity index (χ2v) is 6.48. The molecule has 2 aromatic carbocycles. The number of hydrogen-bond acceptors (Lipinski definition) is 2. The minimum atomic E-state index is 0.00417. The summed E-state index contributed by atoms with van der Waals surface area (Å²) < 4.78 is 5.78. The van der Waals surface area contributed by atoms with E-state index in [4.69, 9.17) is 4.74 Å². The fourth-order valence-corrected chi connectivity index (χ4v) is 3.26. The summed E-state index contributed by atoms with van der Waals surface area (Å²) in [6, 6.07) is 18.0. The zero-order chi connectivity index (χ0) is 17.5. The van der Waals surface area contributed by atoms with Crippen LogP contribution in [0.1, 0.15) is 38.2 Å². The van der Waals surface area contributed by atoms with Gasteiger partial charge >= 0.3 is 6.03 Å². The zero-order valence-corrected chi connectivity index (χ0v) is 14.8. The third-order valence-corrected chi connectivity index (χ3v) is 4.71. The van der Waals surface area contributed by atoms with Crippen LogP contribution in [0.15, 0.2) is 54.6 Å². The fourth-order valence-electron chi connectivity index (χ4n) is 3.26. The Labute approximate surface area is 149 Å². The highest BCUT2D eigenvalue weighted by Gasteiger charge is 2.25. The van der Waals surface area contributed by atoms with Gasteiger partial charge in [0.25, 0.3) is 0 Å². The first-order valence-electron chi connectivity index (χ1n) is 9.10. The van der Waals surface area contributed by atoms with Crippen molar-refractivity contribution in [3.8, 4) is 5.75 Å². The summed E-state index contributed by atoms with van der Waals surface area (Å²) in [4.78, 5) is 14.5. The molecule has 0 radical (unpaired) electrons. The van der Waals surface area contributed by atoms with E-state index in [9.17, 15) is 4.79 Å². The SMILES string of the molecule is CCC1CCCCN1C(=O)Nc1ccc(OCc2ccccc2)cc1. The van der Waals surface area contributed by atoms with E-state index in [1.54, 1.807) is 0 Å². The topological polar surface area (TPSA) is 41.6 Å². The van der Waals surface area contributed by atoms with Crippen molar-refractivity contribution in [1.29, 1.82) is 0 Å². The Morgan fingerprint density at radius 2 is 1.88 bits per heavy atom. The second kappa shape index (κ2) is 8.56. The molecule has 1 aliphatic heterocycles. The van der Waals surface area contributed by atoms with Crippen molar-refractivity contribution in [2.24, 2.45) is 0 Å². The van der Waals surface area contributed by atoms with Crippen LogP contribution in [-0.2, 0) is 6.61 Å². The molecule has 1 saturated heterocycles. The number of carbonyl (C=O) groups excluding carboxylic acids is 1. The van der Waals surface area contributed by atoms with Gasteiger partial charge < -0.3 is 15.0 Å². The van der Waals surface area contributed by atoms with Crippen molar-refractivity contribution in [3.63, 3.8) is 0 Å². The molecule has 0 spiro atoms. The number of ether oxygens (including phenoxy) is 1. The Balaban J connectivity index is 1.54. The molecule has 4 heteroatoms. The van der Waals surface area contributed by atoms with E-state index in [-0.39, 0.29) is 6.03 Å². The van der Waals surface area contributed by atoms with Gasteiger partial charge in [-0.15, -0.1) is 0 Å². The van der Waals surface area contributed by atoms with Crippen LogP contribution in [0.3, 0.4) is 0 Å². The first-order valence-corrected chi connectivity index (χ1v) is 9.10. The van der Waals surface area contributed by atoms with Gasteiger partial charge in [-0.1, -0.05) is 37.3 Å². The van der Waals surface area contributed by atoms with Crippen LogP contribution >= 0.6 is 0 Å². The van der Waals surface area contributed by atoms with Gasteiger partial charge in [-0.2, -0.15) is 0 Å². The van der Waals surface area contributed by atoms with Crippen LogP contribution in [0.4, 0.5) is 10.5 Å². The minimum absolute atomic E-state index is 0.00417. The highest BCUT2D eigenvalue weighted by atomic mass is 16.5. The van der Waals surface area contributed by atoms with Gasteiger partial charge in [-0.3, -0.25) is 0 Å². The number of nitrogens with zero attached hydrogens (tertiary/aromatic N) is 1. The van der Waals surface area contributed by atoms with E-state index in [1.807, 2.05) is 59.5 Å². The molecule has 3 rings (SSSR count). The molecule has 1 heterocycles. The van der Waals surface area contributed by atoms with E-state index in [1.165, 1.54) is 6.42 Å². The first-order chi connectivity index (χ1) is 12.3. The number of benzene rings is 2. The normalized spacial score (nSPS) is 17.2. The van der Waals surface area contributed by atoms with E-state index in [0.29, 0.717) is 12.6 Å². The highest BCUT2D eigenvalue weighted by molar-refractivity contribution is 5.89. The summed E-state index contributed by atoms with van der Waals surface area (Å²) >= 11 is 0. The van der Waals surface area contributed by atoms with Crippen molar-refractivity contribution in [1.82, 2.24) is 4.90 Å². The molecule has 4 nitrogen and oxygen atoms in total. The van der Waals surface area contributed by atoms with Crippen molar-refractivity contribution >= 4 is 11.7 Å². The van der Waals surface area contributed by atoms with Crippen molar-refractivity contribution in [2.75, 3.05) is 11.9 Å². The molecule has 0 aliphatic carbocycles. The Hall–Kier alpha value is -2.49. The Morgan fingerprint density at radius 3 is 2.60 bits per heavy atom. The average Bonchev–Trinajstić information content (AvgIpc) is 2.68. The van der Waals surface area contributed by atoms with Crippen LogP contribution < -0.4 is 10.1 Å². The predicted octanol–water partition coefficient (Wildman–Crippen LogP) is 5.06. The summed E-state index contributed by atoms with van der Waals surface area (Å²) in [5, 5.41) is 3.01. The van der Waals surface area contributed by atoms with Crippen molar-refractivity contribution in [3.05, 3.63) is 60.2 Å². The second-order valence-electron chi connectivity index (χ2n) is 6.48. The molecule has 0 bridgehead atoms. The van der Waals surface area contributed by atoms with Crippen molar-refractivity contribution in [2.45, 2.75) is 45.3 Å². The number of piperidine rings is 1. The number of hydrogen-bond donors (Lipinski definition) is 1. The van der Waals surface area contributed by atoms with Gasteiger partial charge in [0.2, 0.25) is 0 Å². The van der Waals surface area contributed by atoms with E-state index in [2.05, 4.69) is 12.2 Å². The summed E-state index contributed by atoms with van der Waals surface area (Å²) in [5.74, 6) is 0.797. The molecular weight excluding hydrogens is 312 g/mol. The van der Waals surface area contributed by atoms with Gasteiger partial charge in [-0.05, 0) is 55.5 Å². The number of carbonyl (C=O) groups is 1. The van der Waals surface area contributed by atoms with Gasteiger partial charge in [0.1, 0.15) is 12.4 Å². The molecule has 0 saturated carbocycles. The Bertz CT molecular complexity index is 670. The molecule has 25 heavy (non-hydrogen) atoms. The van der Waals surface area contributed by atoms with E-state index in [0.717, 1.165) is 42.8 Å². The number of amides is 2. The number of nitrogens with one attached hydrogen (secondary N) is 1. The average molecular weight is 338 g/mol. The summed E-state index contributed by atoms with van der Waals surface area (Å²) in [6.07, 6.45) is 4.43. The standard InChI is InChI=1S/C21H26N2O2/c1-2-19-10-6-7-15-23(19)21(24)22-18-11-13-20(14-12-18)25-16-17-8-4-3-5-9-17/h3-5,8-9,11-14,19H,2,6-7,10,15-16H2,1H3,(H,22,24). The summed E-state index contributed by atoms with van der Waals surface area (Å²) in [6.45, 7) is 3.54. The number of urea groups is 1. The van der Waals surface area contributed by atoms with Gasteiger partial charge in [0.05, 0.1) is 0 Å². The number of rotatable bonds is 5. The monoisotopic (exact) mass is 338 g/mol. The lowest BCUT2D eigenvalue weighted by Gasteiger charge is -2.35. The molecule has 1 atom stereocenters. The maximum Gasteiger partial charge on any atom is 0.322 e. The highest BCUT2D eigenvalue weighted by Crippen LogP contribution is 2.22. The molecule has 0 aromatic heterocycles. The molecule has 2 amide bonds. The third-order valence-electron chi connectivity index (χ3n) is 4.71. The lowest BCUT2D eigenvalue weighted by molar-refractivity contribution is 0.160. The molecule has 132 valence electrons. The molecule has 1 N–H and O–H groups in total. The lowest BCUT2D eigenvalue weighted by Crippen LogP contribution is -2.45. The number of likely N-dealkylation sites (tertiary alicyclic amines) is 1. The van der Waals surface area contributed by atoms with Crippen LogP contribution in [0.25, 0.3) is 0 Å². The van der Waals surface area contributed by atoms with Gasteiger partial charge in [0, 0.05) is 18.3 Å². The van der Waals surface area contributed by atoms with Crippen LogP contribution in [0.2, 0.25) is 0 Å². The van der Waals surface area contributed by atoms with Crippen LogP contribution in [0.5, 0.6) is 5.75 Å². The van der Waals surface area contributed by atoms with Crippen LogP contribution in [0, 0.1) is 0 Å². The Kier molecular flexibility index (Phi) is 5.94. The molecule has 1 unspecified atom stereocenters. The molecular formula is C21H26N2O2. The fraction of sp³-hybridized carbons (Fsp3) is 0.381. The largest absolute Gasteiger partial charge is 0.489 e. The zero-order valence-electron chi connectivity index (χ0n) is 14.8. The van der Waals surface area contributed by atoms with E-state index < -0.39 is 0 Å². The molecule has 1 fully saturated rings. The maximum atomic E-state index is 12.5. The minimum Gasteiger partial charge on any atom is -0.489 e. The Morgan fingerprint density at radius 1 is 1.12 bits per heavy atom.